The number of anilines is 1. The van der Waals surface area contributed by atoms with Crippen LogP contribution in [0.2, 0.25) is 6.32 Å². The molecule has 1 amide bonds. The second kappa shape index (κ2) is 13.3. The van der Waals surface area contributed by atoms with Crippen LogP contribution < -0.4 is 10.5 Å². The summed E-state index contributed by atoms with van der Waals surface area (Å²) in [7, 11) is -4.31. The number of carbonyl (C=O) groups is 1. The van der Waals surface area contributed by atoms with Gasteiger partial charge >= 0.3 is 7.12 Å². The maximum Gasteiger partial charge on any atom is 0.458 e. The fraction of sp³-hybridized carbons (Fsp3) is 0.417. The monoisotopic (exact) mass is 676 g/mol. The molecule has 0 radical (unpaired) electrons. The predicted molar refractivity (Wildman–Crippen MR) is 185 cm³/mol. The number of hydrogen-bond acceptors (Lipinski definition) is 7. The van der Waals surface area contributed by atoms with Gasteiger partial charge in [0.2, 0.25) is 10.0 Å². The van der Waals surface area contributed by atoms with Crippen molar-refractivity contribution in [3.63, 3.8) is 0 Å². The van der Waals surface area contributed by atoms with E-state index in [0.717, 1.165) is 24.0 Å². The third-order valence-corrected chi connectivity index (χ3v) is 10.9. The van der Waals surface area contributed by atoms with Crippen molar-refractivity contribution in [3.8, 4) is 11.3 Å². The van der Waals surface area contributed by atoms with Gasteiger partial charge in [-0.2, -0.15) is 0 Å². The van der Waals surface area contributed by atoms with Gasteiger partial charge < -0.3 is 24.2 Å². The third-order valence-electron chi connectivity index (χ3n) is 9.58. The topological polar surface area (TPSA) is 130 Å². The Hall–Kier alpha value is -3.71. The molecule has 2 heterocycles. The van der Waals surface area contributed by atoms with E-state index in [9.17, 15) is 17.6 Å². The standard InChI is InChI=1S/C36H42BFN2O7S/c1-35(2)36(3,4)47-37(46-35)20-24(22-44-21-23-8-6-5-7-9-23)16-17-48(42,43)40-30-19-31-29(18-28(30)25-10-11-25)32(34(39)41)33(45-31)26-12-14-27(38)15-13-26/h5-9,12-15,18-19,24-25,40H,10-11,16-17,20-22H2,1-4H3,(H2,39,41). The number of nitrogens with one attached hydrogen (secondary N) is 1. The molecule has 2 aliphatic rings. The van der Waals surface area contributed by atoms with Gasteiger partial charge in [-0.15, -0.1) is 0 Å². The van der Waals surface area contributed by atoms with Crippen LogP contribution in [-0.2, 0) is 30.7 Å². The van der Waals surface area contributed by atoms with Crippen LogP contribution in [0.3, 0.4) is 0 Å². The van der Waals surface area contributed by atoms with Gasteiger partial charge in [0.05, 0.1) is 34.8 Å². The number of halogens is 1. The fourth-order valence-corrected chi connectivity index (χ4v) is 7.35. The highest BCUT2D eigenvalue weighted by Crippen LogP contribution is 2.47. The Morgan fingerprint density at radius 1 is 1.04 bits per heavy atom. The van der Waals surface area contributed by atoms with Crippen LogP contribution in [0.15, 0.2) is 71.1 Å². The molecule has 0 spiro atoms. The summed E-state index contributed by atoms with van der Waals surface area (Å²) in [6, 6.07) is 18.8. The van der Waals surface area contributed by atoms with Gasteiger partial charge in [0, 0.05) is 23.6 Å². The lowest BCUT2D eigenvalue weighted by Crippen LogP contribution is -2.41. The molecule has 48 heavy (non-hydrogen) atoms. The molecule has 3 N–H and O–H groups in total. The van der Waals surface area contributed by atoms with Gasteiger partial charge in [0.1, 0.15) is 17.2 Å². The van der Waals surface area contributed by atoms with Gasteiger partial charge in [-0.25, -0.2) is 12.8 Å². The van der Waals surface area contributed by atoms with Crippen LogP contribution in [-0.4, -0.2) is 45.0 Å². The zero-order valence-corrected chi connectivity index (χ0v) is 28.6. The van der Waals surface area contributed by atoms with E-state index in [1.54, 1.807) is 12.1 Å². The highest BCUT2D eigenvalue weighted by molar-refractivity contribution is 7.92. The first-order valence-corrected chi connectivity index (χ1v) is 18.0. The fourth-order valence-electron chi connectivity index (χ4n) is 6.09. The minimum Gasteiger partial charge on any atom is -0.455 e. The molecule has 9 nitrogen and oxygen atoms in total. The number of primary amides is 1. The molecule has 4 aromatic rings. The number of benzene rings is 3. The number of furan rings is 1. The lowest BCUT2D eigenvalue weighted by atomic mass is 9.76. The van der Waals surface area contributed by atoms with Crippen molar-refractivity contribution >= 4 is 39.7 Å². The number of carbonyl (C=O) groups excluding carboxylic acids is 1. The maximum absolute atomic E-state index is 13.7. The Morgan fingerprint density at radius 3 is 2.33 bits per heavy atom. The average molecular weight is 677 g/mol. The molecule has 1 aliphatic carbocycles. The van der Waals surface area contributed by atoms with Crippen molar-refractivity contribution in [2.24, 2.45) is 11.7 Å². The second-order valence-electron chi connectivity index (χ2n) is 13.9. The predicted octanol–water partition coefficient (Wildman–Crippen LogP) is 7.27. The Bertz CT molecular complexity index is 1870. The van der Waals surface area contributed by atoms with Crippen molar-refractivity contribution in [1.82, 2.24) is 0 Å². The van der Waals surface area contributed by atoms with E-state index < -0.39 is 40.1 Å². The van der Waals surface area contributed by atoms with E-state index in [1.165, 1.54) is 24.3 Å². The van der Waals surface area contributed by atoms with Crippen molar-refractivity contribution < 1.29 is 36.1 Å². The van der Waals surface area contributed by atoms with Crippen molar-refractivity contribution in [2.45, 2.75) is 77.0 Å². The zero-order valence-electron chi connectivity index (χ0n) is 27.8. The number of rotatable bonds is 14. The normalized spacial score (nSPS) is 17.9. The molecule has 1 saturated heterocycles. The van der Waals surface area contributed by atoms with Crippen LogP contribution in [0.25, 0.3) is 22.3 Å². The lowest BCUT2D eigenvalue weighted by molar-refractivity contribution is 0.00578. The smallest absolute Gasteiger partial charge is 0.455 e. The van der Waals surface area contributed by atoms with E-state index in [2.05, 4.69) is 4.72 Å². The molecule has 254 valence electrons. The summed E-state index contributed by atoms with van der Waals surface area (Å²) in [6.07, 6.45) is 2.58. The lowest BCUT2D eigenvalue weighted by Gasteiger charge is -2.32. The molecule has 1 aromatic heterocycles. The number of sulfonamides is 1. The molecule has 1 aliphatic heterocycles. The quantitative estimate of drug-likeness (QED) is 0.134. The Balaban J connectivity index is 1.22. The molecular weight excluding hydrogens is 634 g/mol. The van der Waals surface area contributed by atoms with Gasteiger partial charge in [-0.05, 0) is 107 Å². The Labute approximate surface area is 281 Å². The molecule has 0 bridgehead atoms. The summed E-state index contributed by atoms with van der Waals surface area (Å²) < 4.78 is 68.4. The minimum atomic E-state index is -3.82. The summed E-state index contributed by atoms with van der Waals surface area (Å²) in [5.41, 5.74) is 7.96. The highest BCUT2D eigenvalue weighted by atomic mass is 32.2. The van der Waals surface area contributed by atoms with Crippen molar-refractivity contribution in [3.05, 3.63) is 89.2 Å². The molecule has 2 fully saturated rings. The van der Waals surface area contributed by atoms with Crippen molar-refractivity contribution in [1.29, 1.82) is 0 Å². The van der Waals surface area contributed by atoms with Gasteiger partial charge in [0.25, 0.3) is 5.91 Å². The number of ether oxygens (including phenoxy) is 1. The molecule has 3 aromatic carbocycles. The van der Waals surface area contributed by atoms with E-state index in [0.29, 0.717) is 48.2 Å². The van der Waals surface area contributed by atoms with E-state index in [-0.39, 0.29) is 28.9 Å². The van der Waals surface area contributed by atoms with Crippen LogP contribution in [0, 0.1) is 11.7 Å². The summed E-state index contributed by atoms with van der Waals surface area (Å²) in [4.78, 5) is 12.6. The maximum atomic E-state index is 13.7. The van der Waals surface area contributed by atoms with E-state index >= 15 is 0 Å². The van der Waals surface area contributed by atoms with E-state index in [4.69, 9.17) is 24.2 Å². The minimum absolute atomic E-state index is 0.138. The first-order chi connectivity index (χ1) is 22.7. The number of hydrogen-bond donors (Lipinski definition) is 2. The largest absolute Gasteiger partial charge is 0.458 e. The third kappa shape index (κ3) is 7.62. The van der Waals surface area contributed by atoms with Crippen molar-refractivity contribution in [2.75, 3.05) is 17.1 Å². The highest BCUT2D eigenvalue weighted by Gasteiger charge is 2.51. The number of fused-ring (bicyclic) bond motifs is 1. The zero-order chi connectivity index (χ0) is 34.3. The Morgan fingerprint density at radius 2 is 1.71 bits per heavy atom. The van der Waals surface area contributed by atoms with E-state index in [1.807, 2.05) is 58.0 Å². The summed E-state index contributed by atoms with van der Waals surface area (Å²) in [6.45, 7) is 8.71. The van der Waals surface area contributed by atoms with Gasteiger partial charge in [-0.3, -0.25) is 9.52 Å². The summed E-state index contributed by atoms with van der Waals surface area (Å²) >= 11 is 0. The average Bonchev–Trinajstić information content (AvgIpc) is 3.75. The molecule has 12 heteroatoms. The summed E-state index contributed by atoms with van der Waals surface area (Å²) in [5, 5.41) is 0.490. The van der Waals surface area contributed by atoms with Crippen LogP contribution in [0.5, 0.6) is 0 Å². The Kier molecular flexibility index (Phi) is 9.47. The first kappa shape index (κ1) is 34.2. The van der Waals surface area contributed by atoms with Gasteiger partial charge in [0.15, 0.2) is 0 Å². The number of amides is 1. The molecule has 6 rings (SSSR count). The number of nitrogens with two attached hydrogens (primary N) is 1. The van der Waals surface area contributed by atoms with Crippen LogP contribution in [0.1, 0.15) is 74.4 Å². The molecule has 1 unspecified atom stereocenters. The SMILES string of the molecule is CC1(C)OB(CC(CCS(=O)(=O)Nc2cc3oc(-c4ccc(F)cc4)c(C(N)=O)c3cc2C2CC2)COCc2ccccc2)OC1(C)C. The molecule has 1 saturated carbocycles. The molecular formula is C36H42BFN2O7S. The first-order valence-electron chi connectivity index (χ1n) is 16.4. The van der Waals surface area contributed by atoms with Crippen LogP contribution >= 0.6 is 0 Å². The molecule has 1 atom stereocenters. The summed E-state index contributed by atoms with van der Waals surface area (Å²) in [5.74, 6) is -1.08. The van der Waals surface area contributed by atoms with Crippen LogP contribution in [0.4, 0.5) is 10.1 Å². The second-order valence-corrected chi connectivity index (χ2v) is 15.7. The van der Waals surface area contributed by atoms with Gasteiger partial charge in [-0.1, -0.05) is 30.3 Å².